The molecule has 3 aromatic rings. The summed E-state index contributed by atoms with van der Waals surface area (Å²) >= 11 is 1.60. The number of fused-ring (bicyclic) bond motifs is 1. The van der Waals surface area contributed by atoms with E-state index in [0.29, 0.717) is 0 Å². The predicted molar refractivity (Wildman–Crippen MR) is 97.2 cm³/mol. The van der Waals surface area contributed by atoms with Gasteiger partial charge in [-0.15, -0.1) is 11.3 Å². The Bertz CT molecular complexity index is 854. The third-order valence-electron chi connectivity index (χ3n) is 3.48. The van der Waals surface area contributed by atoms with Crippen LogP contribution >= 0.6 is 11.3 Å². The van der Waals surface area contributed by atoms with Gasteiger partial charge in [0.15, 0.2) is 0 Å². The number of benzene rings is 2. The Balaban J connectivity index is 1.53. The summed E-state index contributed by atoms with van der Waals surface area (Å²) in [4.78, 5) is 12.9. The van der Waals surface area contributed by atoms with E-state index in [0.717, 1.165) is 21.5 Å². The number of nitrogens with one attached hydrogen (secondary N) is 2. The maximum atomic E-state index is 11.8. The molecular weight excluding hydrogens is 306 g/mol. The number of anilines is 1. The molecule has 0 spiro atoms. The number of aryl methyl sites for hydroxylation is 1. The van der Waals surface area contributed by atoms with E-state index in [1.54, 1.807) is 17.6 Å². The fourth-order valence-corrected chi connectivity index (χ4v) is 2.99. The highest BCUT2D eigenvalue weighted by Gasteiger charge is 2.01. The summed E-state index contributed by atoms with van der Waals surface area (Å²) in [5.74, 6) is -0.177. The van der Waals surface area contributed by atoms with Crippen LogP contribution in [0, 0.1) is 6.92 Å². The van der Waals surface area contributed by atoms with Gasteiger partial charge in [0.05, 0.1) is 12.8 Å². The van der Waals surface area contributed by atoms with Gasteiger partial charge >= 0.3 is 0 Å². The van der Waals surface area contributed by atoms with Gasteiger partial charge in [-0.05, 0) is 46.8 Å². The van der Waals surface area contributed by atoms with E-state index in [1.807, 2.05) is 54.8 Å². The summed E-state index contributed by atoms with van der Waals surface area (Å²) in [5, 5.41) is 11.4. The number of carbonyl (C=O) groups is 1. The first-order chi connectivity index (χ1) is 11.2. The standard InChI is InChI=1S/C18H17N3OS/c1-13-8-9-23-17(13)11-20-21-18(22)12-19-16-7-6-14-4-2-3-5-15(14)10-16/h2-11,19H,12H2,1H3,(H,21,22)/b20-11+. The van der Waals surface area contributed by atoms with Gasteiger partial charge < -0.3 is 5.32 Å². The molecule has 4 nitrogen and oxygen atoms in total. The summed E-state index contributed by atoms with van der Waals surface area (Å²) in [6.07, 6.45) is 1.67. The first-order valence-corrected chi connectivity index (χ1v) is 8.19. The molecule has 5 heteroatoms. The fourth-order valence-electron chi connectivity index (χ4n) is 2.20. The normalized spacial score (nSPS) is 11.0. The zero-order chi connectivity index (χ0) is 16.1. The maximum absolute atomic E-state index is 11.8. The number of nitrogens with zero attached hydrogens (tertiary/aromatic N) is 1. The molecule has 2 aromatic carbocycles. The molecule has 0 aliphatic heterocycles. The molecule has 0 unspecified atom stereocenters. The number of hydrogen-bond donors (Lipinski definition) is 2. The van der Waals surface area contributed by atoms with Gasteiger partial charge in [-0.1, -0.05) is 30.3 Å². The summed E-state index contributed by atoms with van der Waals surface area (Å²) in [7, 11) is 0. The minimum absolute atomic E-state index is 0.177. The number of rotatable bonds is 5. The molecule has 0 radical (unpaired) electrons. The smallest absolute Gasteiger partial charge is 0.259 e. The van der Waals surface area contributed by atoms with Gasteiger partial charge in [0, 0.05) is 10.6 Å². The zero-order valence-electron chi connectivity index (χ0n) is 12.7. The monoisotopic (exact) mass is 323 g/mol. The summed E-state index contributed by atoms with van der Waals surface area (Å²) in [6, 6.07) is 16.2. The number of hydrazone groups is 1. The minimum atomic E-state index is -0.177. The van der Waals surface area contributed by atoms with Crippen molar-refractivity contribution >= 4 is 39.9 Å². The van der Waals surface area contributed by atoms with Crippen LogP contribution in [-0.4, -0.2) is 18.7 Å². The van der Waals surface area contributed by atoms with E-state index in [2.05, 4.69) is 21.9 Å². The van der Waals surface area contributed by atoms with E-state index < -0.39 is 0 Å². The van der Waals surface area contributed by atoms with Crippen molar-refractivity contribution in [2.45, 2.75) is 6.92 Å². The Morgan fingerprint density at radius 3 is 2.78 bits per heavy atom. The Kier molecular flexibility index (Phi) is 4.68. The first-order valence-electron chi connectivity index (χ1n) is 7.31. The van der Waals surface area contributed by atoms with Crippen LogP contribution in [0.25, 0.3) is 10.8 Å². The summed E-state index contributed by atoms with van der Waals surface area (Å²) in [5.41, 5.74) is 4.60. The molecule has 116 valence electrons. The topological polar surface area (TPSA) is 53.5 Å². The van der Waals surface area contributed by atoms with Crippen LogP contribution in [0.1, 0.15) is 10.4 Å². The van der Waals surface area contributed by atoms with Crippen LogP contribution in [0.4, 0.5) is 5.69 Å². The Labute approximate surface area is 138 Å². The Morgan fingerprint density at radius 1 is 1.17 bits per heavy atom. The first kappa shape index (κ1) is 15.2. The zero-order valence-corrected chi connectivity index (χ0v) is 13.6. The Morgan fingerprint density at radius 2 is 2.00 bits per heavy atom. The van der Waals surface area contributed by atoms with Crippen molar-refractivity contribution in [2.24, 2.45) is 5.10 Å². The van der Waals surface area contributed by atoms with Crippen molar-refractivity contribution in [3.63, 3.8) is 0 Å². The SMILES string of the molecule is Cc1ccsc1/C=N/NC(=O)CNc1ccc2ccccc2c1. The molecule has 0 saturated carbocycles. The van der Waals surface area contributed by atoms with Crippen LogP contribution < -0.4 is 10.7 Å². The van der Waals surface area contributed by atoms with Gasteiger partial charge in [0.1, 0.15) is 0 Å². The molecule has 0 bridgehead atoms. The number of thiophene rings is 1. The summed E-state index contributed by atoms with van der Waals surface area (Å²) in [6.45, 7) is 2.19. The average Bonchev–Trinajstić information content (AvgIpc) is 2.98. The van der Waals surface area contributed by atoms with E-state index in [-0.39, 0.29) is 12.5 Å². The van der Waals surface area contributed by atoms with Crippen LogP contribution in [0.5, 0.6) is 0 Å². The lowest BCUT2D eigenvalue weighted by Gasteiger charge is -2.06. The molecule has 0 saturated heterocycles. The van der Waals surface area contributed by atoms with E-state index in [4.69, 9.17) is 0 Å². The quantitative estimate of drug-likeness (QED) is 0.555. The second-order valence-electron chi connectivity index (χ2n) is 5.18. The van der Waals surface area contributed by atoms with Gasteiger partial charge in [-0.3, -0.25) is 4.79 Å². The highest BCUT2D eigenvalue weighted by Crippen LogP contribution is 2.18. The largest absolute Gasteiger partial charge is 0.376 e. The molecule has 0 aliphatic rings. The second kappa shape index (κ2) is 7.07. The van der Waals surface area contributed by atoms with Crippen molar-refractivity contribution in [1.82, 2.24) is 5.43 Å². The Hall–Kier alpha value is -2.66. The van der Waals surface area contributed by atoms with Crippen molar-refractivity contribution in [2.75, 3.05) is 11.9 Å². The molecular formula is C18H17N3OS. The molecule has 1 aromatic heterocycles. The minimum Gasteiger partial charge on any atom is -0.376 e. The predicted octanol–water partition coefficient (Wildman–Crippen LogP) is 3.77. The second-order valence-corrected chi connectivity index (χ2v) is 6.12. The van der Waals surface area contributed by atoms with Gasteiger partial charge in [0.2, 0.25) is 0 Å². The van der Waals surface area contributed by atoms with Crippen molar-refractivity contribution in [1.29, 1.82) is 0 Å². The third-order valence-corrected chi connectivity index (χ3v) is 4.43. The van der Waals surface area contributed by atoms with Crippen LogP contribution in [0.2, 0.25) is 0 Å². The highest BCUT2D eigenvalue weighted by atomic mass is 32.1. The van der Waals surface area contributed by atoms with Crippen molar-refractivity contribution in [3.05, 3.63) is 64.4 Å². The van der Waals surface area contributed by atoms with Gasteiger partial charge in [-0.2, -0.15) is 5.10 Å². The number of amides is 1. The summed E-state index contributed by atoms with van der Waals surface area (Å²) < 4.78 is 0. The third kappa shape index (κ3) is 3.96. The lowest BCUT2D eigenvalue weighted by Crippen LogP contribution is -2.25. The van der Waals surface area contributed by atoms with Crippen LogP contribution in [-0.2, 0) is 4.79 Å². The molecule has 2 N–H and O–H groups in total. The van der Waals surface area contributed by atoms with E-state index >= 15 is 0 Å². The maximum Gasteiger partial charge on any atom is 0.259 e. The van der Waals surface area contributed by atoms with E-state index in [9.17, 15) is 4.79 Å². The van der Waals surface area contributed by atoms with Crippen LogP contribution in [0.15, 0.2) is 59.0 Å². The molecule has 1 heterocycles. The van der Waals surface area contributed by atoms with Crippen molar-refractivity contribution < 1.29 is 4.79 Å². The molecule has 3 rings (SSSR count). The van der Waals surface area contributed by atoms with Crippen LogP contribution in [0.3, 0.4) is 0 Å². The lowest BCUT2D eigenvalue weighted by molar-refractivity contribution is -0.119. The van der Waals surface area contributed by atoms with Gasteiger partial charge in [-0.25, -0.2) is 5.43 Å². The average molecular weight is 323 g/mol. The fraction of sp³-hybridized carbons (Fsp3) is 0.111. The van der Waals surface area contributed by atoms with Crippen molar-refractivity contribution in [3.8, 4) is 0 Å². The molecule has 0 fully saturated rings. The molecule has 0 atom stereocenters. The molecule has 0 aliphatic carbocycles. The number of hydrogen-bond acceptors (Lipinski definition) is 4. The molecule has 1 amide bonds. The lowest BCUT2D eigenvalue weighted by atomic mass is 10.1. The highest BCUT2D eigenvalue weighted by molar-refractivity contribution is 7.11. The molecule has 23 heavy (non-hydrogen) atoms. The van der Waals surface area contributed by atoms with E-state index in [1.165, 1.54) is 5.39 Å². The number of carbonyl (C=O) groups excluding carboxylic acids is 1. The van der Waals surface area contributed by atoms with Gasteiger partial charge in [0.25, 0.3) is 5.91 Å².